The molecule has 1 fully saturated rings. The molecule has 0 aromatic carbocycles. The van der Waals surface area contributed by atoms with Crippen LogP contribution in [0.1, 0.15) is 54.4 Å². The van der Waals surface area contributed by atoms with E-state index in [9.17, 15) is 4.79 Å². The highest BCUT2D eigenvalue weighted by molar-refractivity contribution is 5.94. The lowest BCUT2D eigenvalue weighted by Crippen LogP contribution is -2.37. The molecule has 1 aromatic rings. The Kier molecular flexibility index (Phi) is 6.86. The topological polar surface area (TPSA) is 59.4 Å². The van der Waals surface area contributed by atoms with Crippen molar-refractivity contribution in [1.82, 2.24) is 20.0 Å². The fourth-order valence-electron chi connectivity index (χ4n) is 4.00. The van der Waals surface area contributed by atoms with Crippen molar-refractivity contribution in [1.29, 1.82) is 0 Å². The average molecular weight is 361 g/mol. The molecule has 26 heavy (non-hydrogen) atoms. The van der Waals surface area contributed by atoms with Gasteiger partial charge >= 0.3 is 0 Å². The highest BCUT2D eigenvalue weighted by Crippen LogP contribution is 2.27. The van der Waals surface area contributed by atoms with Gasteiger partial charge in [0.15, 0.2) is 5.69 Å². The molecule has 1 aliphatic carbocycles. The van der Waals surface area contributed by atoms with Gasteiger partial charge in [-0.05, 0) is 52.0 Å². The molecule has 6 heteroatoms. The van der Waals surface area contributed by atoms with Gasteiger partial charge in [0.1, 0.15) is 0 Å². The number of hydrogen-bond donors (Lipinski definition) is 1. The molecule has 1 aliphatic heterocycles. The molecule has 0 spiro atoms. The first kappa shape index (κ1) is 19.1. The largest absolute Gasteiger partial charge is 0.382 e. The SMILES string of the molecule is C=CCn1nc(C(=O)N2CCCC2)c2c1CCC(NCCCOCC)C2. The number of hydrogen-bond acceptors (Lipinski definition) is 4. The van der Waals surface area contributed by atoms with Gasteiger partial charge in [-0.1, -0.05) is 6.08 Å². The molecule has 1 N–H and O–H groups in total. The number of allylic oxidation sites excluding steroid dienone is 1. The maximum absolute atomic E-state index is 13.0. The maximum Gasteiger partial charge on any atom is 0.274 e. The number of carbonyl (C=O) groups excluding carboxylic acids is 1. The van der Waals surface area contributed by atoms with E-state index in [4.69, 9.17) is 4.74 Å². The normalized spacial score (nSPS) is 19.6. The Balaban J connectivity index is 1.69. The van der Waals surface area contributed by atoms with Gasteiger partial charge in [0.2, 0.25) is 0 Å². The van der Waals surface area contributed by atoms with Gasteiger partial charge in [-0.15, -0.1) is 6.58 Å². The number of nitrogens with one attached hydrogen (secondary N) is 1. The van der Waals surface area contributed by atoms with E-state index in [-0.39, 0.29) is 5.91 Å². The number of aromatic nitrogens is 2. The third-order valence-electron chi connectivity index (χ3n) is 5.35. The van der Waals surface area contributed by atoms with E-state index in [1.165, 1.54) is 5.69 Å². The second-order valence-corrected chi connectivity index (χ2v) is 7.19. The molecule has 144 valence electrons. The monoisotopic (exact) mass is 360 g/mol. The van der Waals surface area contributed by atoms with Crippen LogP contribution in [0.4, 0.5) is 0 Å². The second-order valence-electron chi connectivity index (χ2n) is 7.19. The second kappa shape index (κ2) is 9.33. The van der Waals surface area contributed by atoms with Crippen LogP contribution in [0.2, 0.25) is 0 Å². The van der Waals surface area contributed by atoms with Crippen molar-refractivity contribution in [2.45, 2.75) is 58.0 Å². The quantitative estimate of drug-likeness (QED) is 0.542. The first-order valence-electron chi connectivity index (χ1n) is 10.0. The van der Waals surface area contributed by atoms with Crippen molar-refractivity contribution in [2.24, 2.45) is 0 Å². The molecule has 1 unspecified atom stereocenters. The standard InChI is InChI=1S/C20H32N4O2/c1-3-11-24-18-9-8-16(21-10-7-14-26-4-2)15-17(18)19(22-24)20(25)23-12-5-6-13-23/h3,16,21H,1,4-15H2,2H3. The molecule has 0 radical (unpaired) electrons. The molecule has 6 nitrogen and oxygen atoms in total. The van der Waals surface area contributed by atoms with Crippen LogP contribution in [-0.4, -0.2) is 59.5 Å². The van der Waals surface area contributed by atoms with E-state index in [1.807, 2.05) is 22.6 Å². The molecule has 1 saturated heterocycles. The van der Waals surface area contributed by atoms with Crippen LogP contribution < -0.4 is 5.32 Å². The van der Waals surface area contributed by atoms with Crippen LogP contribution in [0.3, 0.4) is 0 Å². The summed E-state index contributed by atoms with van der Waals surface area (Å²) in [4.78, 5) is 14.9. The van der Waals surface area contributed by atoms with Crippen LogP contribution in [0.5, 0.6) is 0 Å². The predicted octanol–water partition coefficient (Wildman–Crippen LogP) is 2.18. The van der Waals surface area contributed by atoms with E-state index in [0.29, 0.717) is 18.3 Å². The Labute approximate surface area is 156 Å². The van der Waals surface area contributed by atoms with E-state index >= 15 is 0 Å². The summed E-state index contributed by atoms with van der Waals surface area (Å²) in [5.74, 6) is 0.110. The summed E-state index contributed by atoms with van der Waals surface area (Å²) >= 11 is 0. The fourth-order valence-corrected chi connectivity index (χ4v) is 4.00. The van der Waals surface area contributed by atoms with Gasteiger partial charge in [-0.3, -0.25) is 9.48 Å². The van der Waals surface area contributed by atoms with Crippen LogP contribution >= 0.6 is 0 Å². The van der Waals surface area contributed by atoms with E-state index in [0.717, 1.165) is 76.9 Å². The van der Waals surface area contributed by atoms with E-state index < -0.39 is 0 Å². The average Bonchev–Trinajstić information content (AvgIpc) is 3.30. The Morgan fingerprint density at radius 2 is 2.23 bits per heavy atom. The van der Waals surface area contributed by atoms with Gasteiger partial charge in [0.25, 0.3) is 5.91 Å². The molecule has 1 amide bonds. The van der Waals surface area contributed by atoms with Gasteiger partial charge in [0.05, 0.1) is 6.54 Å². The molecular weight excluding hydrogens is 328 g/mol. The minimum absolute atomic E-state index is 0.110. The van der Waals surface area contributed by atoms with Crippen molar-refractivity contribution in [2.75, 3.05) is 32.8 Å². The van der Waals surface area contributed by atoms with E-state index in [1.54, 1.807) is 0 Å². The zero-order chi connectivity index (χ0) is 18.4. The summed E-state index contributed by atoms with van der Waals surface area (Å²) in [6.45, 7) is 10.8. The number of fused-ring (bicyclic) bond motifs is 1. The molecule has 2 heterocycles. The van der Waals surface area contributed by atoms with Crippen molar-refractivity contribution in [3.63, 3.8) is 0 Å². The van der Waals surface area contributed by atoms with Gasteiger partial charge in [-0.2, -0.15) is 5.10 Å². The highest BCUT2D eigenvalue weighted by atomic mass is 16.5. The molecular formula is C20H32N4O2. The number of likely N-dealkylation sites (tertiary alicyclic amines) is 1. The Hall–Kier alpha value is -1.66. The first-order valence-corrected chi connectivity index (χ1v) is 10.0. The minimum Gasteiger partial charge on any atom is -0.382 e. The number of amides is 1. The number of carbonyl (C=O) groups is 1. The van der Waals surface area contributed by atoms with Crippen molar-refractivity contribution >= 4 is 5.91 Å². The Morgan fingerprint density at radius 1 is 1.42 bits per heavy atom. The predicted molar refractivity (Wildman–Crippen MR) is 102 cm³/mol. The van der Waals surface area contributed by atoms with Crippen LogP contribution in [0.15, 0.2) is 12.7 Å². The smallest absolute Gasteiger partial charge is 0.274 e. The van der Waals surface area contributed by atoms with E-state index in [2.05, 4.69) is 17.0 Å². The maximum atomic E-state index is 13.0. The lowest BCUT2D eigenvalue weighted by atomic mass is 9.91. The first-order chi connectivity index (χ1) is 12.7. The molecule has 1 aromatic heterocycles. The molecule has 1 atom stereocenters. The van der Waals surface area contributed by atoms with Crippen LogP contribution in [0, 0.1) is 0 Å². The van der Waals surface area contributed by atoms with Crippen molar-refractivity contribution < 1.29 is 9.53 Å². The molecule has 3 rings (SSSR count). The highest BCUT2D eigenvalue weighted by Gasteiger charge is 2.31. The zero-order valence-corrected chi connectivity index (χ0v) is 16.0. The summed E-state index contributed by atoms with van der Waals surface area (Å²) in [7, 11) is 0. The molecule has 2 aliphatic rings. The van der Waals surface area contributed by atoms with Crippen molar-refractivity contribution in [3.8, 4) is 0 Å². The summed E-state index contributed by atoms with van der Waals surface area (Å²) in [5, 5.41) is 8.32. The lowest BCUT2D eigenvalue weighted by Gasteiger charge is -2.25. The summed E-state index contributed by atoms with van der Waals surface area (Å²) in [6.07, 6.45) is 8.02. The lowest BCUT2D eigenvalue weighted by molar-refractivity contribution is 0.0785. The van der Waals surface area contributed by atoms with Gasteiger partial charge < -0.3 is 15.0 Å². The van der Waals surface area contributed by atoms with Crippen LogP contribution in [0.25, 0.3) is 0 Å². The molecule has 0 saturated carbocycles. The Morgan fingerprint density at radius 3 is 2.96 bits per heavy atom. The number of nitrogens with zero attached hydrogens (tertiary/aromatic N) is 3. The third kappa shape index (κ3) is 4.35. The van der Waals surface area contributed by atoms with Gasteiger partial charge in [0, 0.05) is 43.6 Å². The third-order valence-corrected chi connectivity index (χ3v) is 5.35. The fraction of sp³-hybridized carbons (Fsp3) is 0.700. The minimum atomic E-state index is 0.110. The Bertz CT molecular complexity index is 620. The zero-order valence-electron chi connectivity index (χ0n) is 16.0. The van der Waals surface area contributed by atoms with Gasteiger partial charge in [-0.25, -0.2) is 0 Å². The number of ether oxygens (including phenoxy) is 1. The molecule has 0 bridgehead atoms. The summed E-state index contributed by atoms with van der Waals surface area (Å²) < 4.78 is 7.39. The summed E-state index contributed by atoms with van der Waals surface area (Å²) in [5.41, 5.74) is 3.04. The van der Waals surface area contributed by atoms with Crippen LogP contribution in [-0.2, 0) is 24.1 Å². The number of rotatable bonds is 9. The summed E-state index contributed by atoms with van der Waals surface area (Å²) in [6, 6.07) is 0.413. The van der Waals surface area contributed by atoms with Crippen molar-refractivity contribution in [3.05, 3.63) is 29.6 Å².